The van der Waals surface area contributed by atoms with Crippen LogP contribution in [0, 0.1) is 11.8 Å². The molecule has 17 heavy (non-hydrogen) atoms. The SMILES string of the molecule is CC1(C)OCC2CC(C3CCCCC3)C(=O)N21. The van der Waals surface area contributed by atoms with E-state index in [1.165, 1.54) is 32.1 Å². The van der Waals surface area contributed by atoms with E-state index >= 15 is 0 Å². The summed E-state index contributed by atoms with van der Waals surface area (Å²) in [5, 5.41) is 0. The van der Waals surface area contributed by atoms with Crippen molar-refractivity contribution in [2.45, 2.75) is 64.1 Å². The van der Waals surface area contributed by atoms with E-state index in [1.54, 1.807) is 0 Å². The van der Waals surface area contributed by atoms with Gasteiger partial charge in [-0.3, -0.25) is 4.79 Å². The zero-order valence-electron chi connectivity index (χ0n) is 10.9. The number of nitrogens with zero attached hydrogens (tertiary/aromatic N) is 1. The minimum atomic E-state index is -0.370. The zero-order chi connectivity index (χ0) is 12.0. The fourth-order valence-corrected chi connectivity index (χ4v) is 4.01. The van der Waals surface area contributed by atoms with Crippen LogP contribution < -0.4 is 0 Å². The van der Waals surface area contributed by atoms with Gasteiger partial charge in [-0.15, -0.1) is 0 Å². The third-order valence-electron chi connectivity index (χ3n) is 4.87. The molecule has 0 N–H and O–H groups in total. The molecule has 96 valence electrons. The first kappa shape index (κ1) is 11.5. The Morgan fingerprint density at radius 1 is 1.24 bits per heavy atom. The number of carbonyl (C=O) groups excluding carboxylic acids is 1. The Hall–Kier alpha value is -0.570. The van der Waals surface area contributed by atoms with Gasteiger partial charge in [0, 0.05) is 5.92 Å². The van der Waals surface area contributed by atoms with Crippen molar-refractivity contribution in [2.24, 2.45) is 11.8 Å². The molecule has 1 saturated carbocycles. The van der Waals surface area contributed by atoms with Crippen molar-refractivity contribution in [3.05, 3.63) is 0 Å². The van der Waals surface area contributed by atoms with E-state index in [-0.39, 0.29) is 5.72 Å². The van der Waals surface area contributed by atoms with Crippen molar-refractivity contribution >= 4 is 5.91 Å². The third kappa shape index (κ3) is 1.79. The van der Waals surface area contributed by atoms with Gasteiger partial charge in [0.25, 0.3) is 0 Å². The summed E-state index contributed by atoms with van der Waals surface area (Å²) >= 11 is 0. The van der Waals surface area contributed by atoms with E-state index in [2.05, 4.69) is 0 Å². The van der Waals surface area contributed by atoms with Gasteiger partial charge in [0.15, 0.2) is 0 Å². The summed E-state index contributed by atoms with van der Waals surface area (Å²) in [5.74, 6) is 1.31. The lowest BCUT2D eigenvalue weighted by molar-refractivity contribution is -0.146. The normalized spacial score (nSPS) is 37.5. The molecule has 3 rings (SSSR count). The molecule has 2 saturated heterocycles. The molecule has 1 aliphatic carbocycles. The van der Waals surface area contributed by atoms with Crippen LogP contribution in [-0.4, -0.2) is 29.2 Å². The van der Waals surface area contributed by atoms with E-state index in [0.717, 1.165) is 13.0 Å². The Bertz CT molecular complexity index is 320. The molecule has 2 unspecified atom stereocenters. The van der Waals surface area contributed by atoms with Crippen molar-refractivity contribution in [2.75, 3.05) is 6.61 Å². The molecular weight excluding hydrogens is 214 g/mol. The summed E-state index contributed by atoms with van der Waals surface area (Å²) in [6.07, 6.45) is 7.56. The predicted octanol–water partition coefficient (Wildman–Crippen LogP) is 2.55. The fraction of sp³-hybridized carbons (Fsp3) is 0.929. The monoisotopic (exact) mass is 237 g/mol. The summed E-state index contributed by atoms with van der Waals surface area (Å²) in [6.45, 7) is 4.78. The molecule has 0 radical (unpaired) electrons. The van der Waals surface area contributed by atoms with Crippen molar-refractivity contribution in [1.29, 1.82) is 0 Å². The Labute approximate surface area is 104 Å². The number of hydrogen-bond donors (Lipinski definition) is 0. The summed E-state index contributed by atoms with van der Waals surface area (Å²) in [4.78, 5) is 14.6. The molecule has 0 bridgehead atoms. The summed E-state index contributed by atoms with van der Waals surface area (Å²) in [5.41, 5.74) is -0.370. The number of rotatable bonds is 1. The summed E-state index contributed by atoms with van der Waals surface area (Å²) in [6, 6.07) is 0.351. The fourth-order valence-electron chi connectivity index (χ4n) is 4.01. The highest BCUT2D eigenvalue weighted by Gasteiger charge is 2.53. The minimum absolute atomic E-state index is 0.295. The third-order valence-corrected chi connectivity index (χ3v) is 4.87. The van der Waals surface area contributed by atoms with Gasteiger partial charge in [0.05, 0.1) is 12.6 Å². The standard InChI is InChI=1S/C14H23NO2/c1-14(2)15-11(9-17-14)8-12(13(15)16)10-6-4-3-5-7-10/h10-12H,3-9H2,1-2H3. The quantitative estimate of drug-likeness (QED) is 0.701. The maximum Gasteiger partial charge on any atom is 0.228 e. The average molecular weight is 237 g/mol. The van der Waals surface area contributed by atoms with Crippen LogP contribution in [-0.2, 0) is 9.53 Å². The minimum Gasteiger partial charge on any atom is -0.354 e. The lowest BCUT2D eigenvalue weighted by Gasteiger charge is -2.31. The van der Waals surface area contributed by atoms with E-state index in [1.807, 2.05) is 18.7 Å². The second-order valence-corrected chi connectivity index (χ2v) is 6.36. The molecule has 2 heterocycles. The molecule has 2 aliphatic heterocycles. The second-order valence-electron chi connectivity index (χ2n) is 6.36. The molecule has 3 aliphatic rings. The van der Waals surface area contributed by atoms with E-state index in [4.69, 9.17) is 4.74 Å². The highest BCUT2D eigenvalue weighted by molar-refractivity contribution is 5.82. The predicted molar refractivity (Wildman–Crippen MR) is 65.3 cm³/mol. The van der Waals surface area contributed by atoms with Gasteiger partial charge in [-0.25, -0.2) is 0 Å². The lowest BCUT2D eigenvalue weighted by Crippen LogP contribution is -2.44. The molecular formula is C14H23NO2. The van der Waals surface area contributed by atoms with Gasteiger partial charge in [0.1, 0.15) is 5.72 Å². The maximum absolute atomic E-state index is 12.5. The van der Waals surface area contributed by atoms with Gasteiger partial charge in [-0.2, -0.15) is 0 Å². The first-order valence-electron chi connectivity index (χ1n) is 7.07. The first-order valence-corrected chi connectivity index (χ1v) is 7.07. The van der Waals surface area contributed by atoms with Gasteiger partial charge < -0.3 is 9.64 Å². The lowest BCUT2D eigenvalue weighted by atomic mass is 9.78. The summed E-state index contributed by atoms with van der Waals surface area (Å²) in [7, 11) is 0. The second kappa shape index (κ2) is 3.98. The molecule has 3 fully saturated rings. The number of ether oxygens (including phenoxy) is 1. The van der Waals surface area contributed by atoms with Crippen LogP contribution in [0.4, 0.5) is 0 Å². The first-order chi connectivity index (χ1) is 8.09. The number of amides is 1. The molecule has 2 atom stereocenters. The van der Waals surface area contributed by atoms with Crippen LogP contribution >= 0.6 is 0 Å². The highest BCUT2D eigenvalue weighted by atomic mass is 16.5. The molecule has 3 nitrogen and oxygen atoms in total. The van der Waals surface area contributed by atoms with Crippen LogP contribution in [0.15, 0.2) is 0 Å². The molecule has 3 heteroatoms. The number of carbonyl (C=O) groups is 1. The molecule has 1 amide bonds. The number of hydrogen-bond acceptors (Lipinski definition) is 2. The Kier molecular flexibility index (Phi) is 2.69. The molecule has 0 aromatic rings. The highest BCUT2D eigenvalue weighted by Crippen LogP contribution is 2.43. The average Bonchev–Trinajstić information content (AvgIpc) is 2.80. The van der Waals surface area contributed by atoms with Crippen molar-refractivity contribution in [3.63, 3.8) is 0 Å². The molecule has 0 aromatic carbocycles. The van der Waals surface area contributed by atoms with Crippen molar-refractivity contribution in [3.8, 4) is 0 Å². The van der Waals surface area contributed by atoms with Crippen LogP contribution in [0.1, 0.15) is 52.4 Å². The summed E-state index contributed by atoms with van der Waals surface area (Å²) < 4.78 is 5.72. The van der Waals surface area contributed by atoms with Crippen molar-refractivity contribution in [1.82, 2.24) is 4.90 Å². The largest absolute Gasteiger partial charge is 0.354 e. The molecule has 0 aromatic heterocycles. The van der Waals surface area contributed by atoms with Gasteiger partial charge in [-0.05, 0) is 39.0 Å². The van der Waals surface area contributed by atoms with Crippen molar-refractivity contribution < 1.29 is 9.53 Å². The van der Waals surface area contributed by atoms with Gasteiger partial charge in [0.2, 0.25) is 5.91 Å². The van der Waals surface area contributed by atoms with Gasteiger partial charge >= 0.3 is 0 Å². The van der Waals surface area contributed by atoms with E-state index in [9.17, 15) is 4.79 Å². The van der Waals surface area contributed by atoms with Crippen LogP contribution in [0.5, 0.6) is 0 Å². The smallest absolute Gasteiger partial charge is 0.228 e. The van der Waals surface area contributed by atoms with Crippen LogP contribution in [0.3, 0.4) is 0 Å². The zero-order valence-corrected chi connectivity index (χ0v) is 10.9. The number of fused-ring (bicyclic) bond motifs is 1. The Morgan fingerprint density at radius 3 is 2.59 bits per heavy atom. The maximum atomic E-state index is 12.5. The topological polar surface area (TPSA) is 29.5 Å². The van der Waals surface area contributed by atoms with Crippen LogP contribution in [0.25, 0.3) is 0 Å². The van der Waals surface area contributed by atoms with E-state index in [0.29, 0.717) is 23.8 Å². The Balaban J connectivity index is 1.75. The molecule has 0 spiro atoms. The van der Waals surface area contributed by atoms with E-state index < -0.39 is 0 Å². The Morgan fingerprint density at radius 2 is 1.94 bits per heavy atom. The van der Waals surface area contributed by atoms with Gasteiger partial charge in [-0.1, -0.05) is 19.3 Å². The van der Waals surface area contributed by atoms with Crippen LogP contribution in [0.2, 0.25) is 0 Å².